The molecule has 0 radical (unpaired) electrons. The zero-order valence-corrected chi connectivity index (χ0v) is 11.6. The first-order valence-electron chi connectivity index (χ1n) is 5.80. The van der Waals surface area contributed by atoms with E-state index < -0.39 is 10.0 Å². The van der Waals surface area contributed by atoms with Gasteiger partial charge in [-0.1, -0.05) is 12.1 Å². The predicted molar refractivity (Wildman–Crippen MR) is 73.1 cm³/mol. The van der Waals surface area contributed by atoms with Crippen LogP contribution in [0.15, 0.2) is 24.3 Å². The first kappa shape index (κ1) is 14.9. The quantitative estimate of drug-likeness (QED) is 0.697. The summed E-state index contributed by atoms with van der Waals surface area (Å²) in [6.45, 7) is 1.15. The number of nitrogens with one attached hydrogen (secondary N) is 2. The van der Waals surface area contributed by atoms with Gasteiger partial charge in [0, 0.05) is 25.9 Å². The van der Waals surface area contributed by atoms with Gasteiger partial charge in [0.05, 0.1) is 5.75 Å². The molecule has 0 aromatic heterocycles. The minimum absolute atomic E-state index is 0.0666. The van der Waals surface area contributed by atoms with Crippen LogP contribution in [-0.2, 0) is 21.3 Å². The average Bonchev–Trinajstić information content (AvgIpc) is 2.29. The monoisotopic (exact) mass is 272 g/mol. The lowest BCUT2D eigenvalue weighted by atomic mass is 10.2. The summed E-state index contributed by atoms with van der Waals surface area (Å²) in [5.41, 5.74) is 1.63. The lowest BCUT2D eigenvalue weighted by molar-refractivity contribution is 0.199. The topological polar surface area (TPSA) is 67.4 Å². The molecule has 0 fully saturated rings. The smallest absolute Gasteiger partial charge is 0.232 e. The molecule has 6 heteroatoms. The van der Waals surface area contributed by atoms with Gasteiger partial charge in [0.2, 0.25) is 10.0 Å². The van der Waals surface area contributed by atoms with E-state index in [1.54, 1.807) is 13.2 Å². The summed E-state index contributed by atoms with van der Waals surface area (Å²) < 4.78 is 30.9. The lowest BCUT2D eigenvalue weighted by Gasteiger charge is -2.09. The fraction of sp³-hybridized carbons (Fsp3) is 0.500. The van der Waals surface area contributed by atoms with Crippen molar-refractivity contribution in [2.24, 2.45) is 0 Å². The molecule has 1 rings (SSSR count). The number of anilines is 1. The molecule has 0 aliphatic rings. The zero-order valence-electron chi connectivity index (χ0n) is 10.8. The Morgan fingerprint density at radius 2 is 2.11 bits per heavy atom. The van der Waals surface area contributed by atoms with Gasteiger partial charge < -0.3 is 10.1 Å². The van der Waals surface area contributed by atoms with Crippen molar-refractivity contribution in [3.05, 3.63) is 29.8 Å². The van der Waals surface area contributed by atoms with Crippen LogP contribution in [0.2, 0.25) is 0 Å². The van der Waals surface area contributed by atoms with Gasteiger partial charge in [-0.2, -0.15) is 0 Å². The van der Waals surface area contributed by atoms with E-state index in [2.05, 4.69) is 10.0 Å². The van der Waals surface area contributed by atoms with E-state index >= 15 is 0 Å². The molecule has 1 aromatic rings. The third kappa shape index (κ3) is 5.48. The Hall–Kier alpha value is -1.11. The molecular weight excluding hydrogens is 252 g/mol. The number of rotatable bonds is 8. The van der Waals surface area contributed by atoms with Gasteiger partial charge in [-0.25, -0.2) is 8.42 Å². The molecule has 0 unspecified atom stereocenters. The summed E-state index contributed by atoms with van der Waals surface area (Å²) in [4.78, 5) is 0. The second-order valence-electron chi connectivity index (χ2n) is 4.00. The van der Waals surface area contributed by atoms with Crippen LogP contribution in [0.5, 0.6) is 0 Å². The number of hydrogen-bond donors (Lipinski definition) is 2. The normalized spacial score (nSPS) is 11.4. The molecule has 102 valence electrons. The Kier molecular flexibility index (Phi) is 6.11. The van der Waals surface area contributed by atoms with Gasteiger partial charge in [0.25, 0.3) is 0 Å². The molecule has 0 spiro atoms. The fourth-order valence-corrected chi connectivity index (χ4v) is 2.66. The first-order valence-corrected chi connectivity index (χ1v) is 7.45. The molecule has 0 atom stereocenters. The summed E-state index contributed by atoms with van der Waals surface area (Å²) in [6, 6.07) is 7.34. The summed E-state index contributed by atoms with van der Waals surface area (Å²) in [6.07, 6.45) is 0.488. The van der Waals surface area contributed by atoms with Crippen molar-refractivity contribution in [2.45, 2.75) is 13.0 Å². The number of sulfonamides is 1. The number of benzene rings is 1. The van der Waals surface area contributed by atoms with Crippen molar-refractivity contribution < 1.29 is 13.2 Å². The largest absolute Gasteiger partial charge is 0.385 e. The Morgan fingerprint density at radius 3 is 2.78 bits per heavy atom. The third-order valence-electron chi connectivity index (χ3n) is 2.34. The predicted octanol–water partition coefficient (Wildman–Crippen LogP) is 1.18. The molecule has 0 aliphatic heterocycles. The fourth-order valence-electron chi connectivity index (χ4n) is 1.57. The van der Waals surface area contributed by atoms with E-state index in [0.29, 0.717) is 25.3 Å². The maximum absolute atomic E-state index is 11.8. The van der Waals surface area contributed by atoms with Crippen LogP contribution in [-0.4, -0.2) is 34.9 Å². The Balaban J connectivity index is 2.62. The van der Waals surface area contributed by atoms with Crippen LogP contribution < -0.4 is 10.0 Å². The van der Waals surface area contributed by atoms with Crippen molar-refractivity contribution in [3.63, 3.8) is 0 Å². The number of hydrogen-bond acceptors (Lipinski definition) is 4. The summed E-state index contributed by atoms with van der Waals surface area (Å²) >= 11 is 0. The summed E-state index contributed by atoms with van der Waals surface area (Å²) in [5, 5.41) is 3.02. The van der Waals surface area contributed by atoms with E-state index in [9.17, 15) is 8.42 Å². The molecule has 5 nitrogen and oxygen atoms in total. The first-order chi connectivity index (χ1) is 8.57. The molecule has 1 aromatic carbocycles. The van der Waals surface area contributed by atoms with E-state index in [-0.39, 0.29) is 5.75 Å². The van der Waals surface area contributed by atoms with Crippen molar-refractivity contribution >= 4 is 15.7 Å². The maximum atomic E-state index is 11.8. The highest BCUT2D eigenvalue weighted by molar-refractivity contribution is 7.92. The molecule has 0 aliphatic carbocycles. The van der Waals surface area contributed by atoms with Crippen molar-refractivity contribution in [1.82, 2.24) is 5.32 Å². The maximum Gasteiger partial charge on any atom is 0.232 e. The Bertz CT molecular complexity index is 460. The SMILES string of the molecule is CNCc1cccc(NS(=O)(=O)CCCOC)c1. The highest BCUT2D eigenvalue weighted by Gasteiger charge is 2.10. The van der Waals surface area contributed by atoms with Gasteiger partial charge in [0.1, 0.15) is 0 Å². The molecule has 0 heterocycles. The molecule has 0 saturated carbocycles. The van der Waals surface area contributed by atoms with Gasteiger partial charge in [-0.15, -0.1) is 0 Å². The second kappa shape index (κ2) is 7.35. The van der Waals surface area contributed by atoms with Crippen LogP contribution in [0.4, 0.5) is 5.69 Å². The summed E-state index contributed by atoms with van der Waals surface area (Å²) in [5.74, 6) is 0.0666. The van der Waals surface area contributed by atoms with Gasteiger partial charge in [-0.3, -0.25) is 4.72 Å². The third-order valence-corrected chi connectivity index (χ3v) is 3.72. The van der Waals surface area contributed by atoms with E-state index in [0.717, 1.165) is 5.56 Å². The van der Waals surface area contributed by atoms with Crippen LogP contribution in [0.3, 0.4) is 0 Å². The highest BCUT2D eigenvalue weighted by Crippen LogP contribution is 2.12. The minimum atomic E-state index is -3.29. The number of ether oxygens (including phenoxy) is 1. The van der Waals surface area contributed by atoms with Crippen molar-refractivity contribution in [1.29, 1.82) is 0 Å². The molecule has 0 saturated heterocycles. The second-order valence-corrected chi connectivity index (χ2v) is 5.84. The van der Waals surface area contributed by atoms with Gasteiger partial charge in [0.15, 0.2) is 0 Å². The summed E-state index contributed by atoms with van der Waals surface area (Å²) in [7, 11) is 0.117. The van der Waals surface area contributed by atoms with Gasteiger partial charge >= 0.3 is 0 Å². The minimum Gasteiger partial charge on any atom is -0.385 e. The molecule has 0 amide bonds. The van der Waals surface area contributed by atoms with E-state index in [4.69, 9.17) is 4.74 Å². The van der Waals surface area contributed by atoms with Crippen molar-refractivity contribution in [3.8, 4) is 0 Å². The molecular formula is C12H20N2O3S. The van der Waals surface area contributed by atoms with Crippen molar-refractivity contribution in [2.75, 3.05) is 31.2 Å². The highest BCUT2D eigenvalue weighted by atomic mass is 32.2. The van der Waals surface area contributed by atoms with Crippen LogP contribution in [0.25, 0.3) is 0 Å². The van der Waals surface area contributed by atoms with E-state index in [1.165, 1.54) is 0 Å². The van der Waals surface area contributed by atoms with Gasteiger partial charge in [-0.05, 0) is 31.2 Å². The lowest BCUT2D eigenvalue weighted by Crippen LogP contribution is -2.18. The number of methoxy groups -OCH3 is 1. The van der Waals surface area contributed by atoms with Crippen LogP contribution in [0.1, 0.15) is 12.0 Å². The Morgan fingerprint density at radius 1 is 1.33 bits per heavy atom. The molecule has 18 heavy (non-hydrogen) atoms. The Labute approximate surface area is 109 Å². The average molecular weight is 272 g/mol. The van der Waals surface area contributed by atoms with E-state index in [1.807, 2.05) is 25.2 Å². The molecule has 2 N–H and O–H groups in total. The van der Waals surface area contributed by atoms with Crippen LogP contribution in [0, 0.1) is 0 Å². The van der Waals surface area contributed by atoms with Crippen LogP contribution >= 0.6 is 0 Å². The standard InChI is InChI=1S/C12H20N2O3S/c1-13-10-11-5-3-6-12(9-11)14-18(15,16)8-4-7-17-2/h3,5-6,9,13-14H,4,7-8,10H2,1-2H3. The molecule has 0 bridgehead atoms. The zero-order chi connectivity index (χ0) is 13.4.